The van der Waals surface area contributed by atoms with E-state index in [1.807, 2.05) is 20.8 Å². The van der Waals surface area contributed by atoms with E-state index in [0.29, 0.717) is 24.9 Å². The van der Waals surface area contributed by atoms with Crippen LogP contribution >= 0.6 is 0 Å². The molecule has 0 saturated carbocycles. The number of nitrogens with zero attached hydrogens (tertiary/aromatic N) is 2. The molecule has 5 nitrogen and oxygen atoms in total. The molecule has 0 aliphatic carbocycles. The second-order valence-corrected chi connectivity index (χ2v) is 3.85. The number of nitrogen functional groups attached to an aromatic ring is 1. The van der Waals surface area contributed by atoms with Crippen LogP contribution in [0.3, 0.4) is 0 Å². The fraction of sp³-hybridized carbons (Fsp3) is 0.600. The first-order valence-electron chi connectivity index (χ1n) is 5.00. The van der Waals surface area contributed by atoms with Crippen LogP contribution in [0, 0.1) is 0 Å². The molecule has 5 heteroatoms. The monoisotopic (exact) mass is 210 g/mol. The second kappa shape index (κ2) is 4.93. The molecule has 0 amide bonds. The quantitative estimate of drug-likeness (QED) is 0.766. The second-order valence-electron chi connectivity index (χ2n) is 3.85. The summed E-state index contributed by atoms with van der Waals surface area (Å²) in [4.78, 5) is 8.08. The first kappa shape index (κ1) is 11.7. The van der Waals surface area contributed by atoms with Gasteiger partial charge in [0.15, 0.2) is 0 Å². The van der Waals surface area contributed by atoms with Crippen molar-refractivity contribution in [3.63, 3.8) is 0 Å². The SMILES string of the molecule is CCOC(C)(C)CNc1nccc(N)n1. The minimum atomic E-state index is -0.233. The number of hydrogen-bond acceptors (Lipinski definition) is 5. The molecule has 1 rings (SSSR count). The normalized spacial score (nSPS) is 11.4. The third-order valence-electron chi connectivity index (χ3n) is 1.88. The van der Waals surface area contributed by atoms with Gasteiger partial charge >= 0.3 is 0 Å². The van der Waals surface area contributed by atoms with E-state index in [0.717, 1.165) is 0 Å². The predicted octanol–water partition coefficient (Wildman–Crippen LogP) is 1.29. The van der Waals surface area contributed by atoms with E-state index in [1.165, 1.54) is 0 Å². The molecule has 1 aromatic heterocycles. The molecule has 0 spiro atoms. The topological polar surface area (TPSA) is 73.1 Å². The molecular formula is C10H18N4O. The summed E-state index contributed by atoms with van der Waals surface area (Å²) in [6, 6.07) is 1.65. The van der Waals surface area contributed by atoms with Crippen molar-refractivity contribution in [2.24, 2.45) is 0 Å². The molecule has 1 heterocycles. The van der Waals surface area contributed by atoms with Crippen molar-refractivity contribution in [2.75, 3.05) is 24.2 Å². The lowest BCUT2D eigenvalue weighted by atomic mass is 10.1. The highest BCUT2D eigenvalue weighted by Gasteiger charge is 2.17. The fourth-order valence-electron chi connectivity index (χ4n) is 1.19. The lowest BCUT2D eigenvalue weighted by molar-refractivity contribution is 0.000583. The largest absolute Gasteiger partial charge is 0.384 e. The maximum atomic E-state index is 5.53. The molecule has 0 unspecified atom stereocenters. The molecule has 84 valence electrons. The summed E-state index contributed by atoms with van der Waals surface area (Å²) in [5.74, 6) is 0.990. The van der Waals surface area contributed by atoms with Gasteiger partial charge in [-0.1, -0.05) is 0 Å². The van der Waals surface area contributed by atoms with Crippen molar-refractivity contribution in [1.29, 1.82) is 0 Å². The summed E-state index contributed by atoms with van der Waals surface area (Å²) in [6.45, 7) is 7.32. The maximum absolute atomic E-state index is 5.53. The predicted molar refractivity (Wildman–Crippen MR) is 60.6 cm³/mol. The van der Waals surface area contributed by atoms with Crippen molar-refractivity contribution >= 4 is 11.8 Å². The Morgan fingerprint density at radius 3 is 2.87 bits per heavy atom. The standard InChI is InChI=1S/C10H18N4O/c1-4-15-10(2,3)7-13-9-12-6-5-8(11)14-9/h5-6H,4,7H2,1-3H3,(H3,11,12,13,14). The Morgan fingerprint density at radius 1 is 1.53 bits per heavy atom. The zero-order valence-electron chi connectivity index (χ0n) is 9.45. The summed E-state index contributed by atoms with van der Waals surface area (Å²) >= 11 is 0. The third-order valence-corrected chi connectivity index (χ3v) is 1.88. The number of ether oxygens (including phenoxy) is 1. The average Bonchev–Trinajstić information content (AvgIpc) is 2.15. The van der Waals surface area contributed by atoms with Gasteiger partial charge in [0.2, 0.25) is 5.95 Å². The molecule has 0 bridgehead atoms. The summed E-state index contributed by atoms with van der Waals surface area (Å²) < 4.78 is 5.53. The van der Waals surface area contributed by atoms with Crippen LogP contribution in [0.1, 0.15) is 20.8 Å². The average molecular weight is 210 g/mol. The van der Waals surface area contributed by atoms with Gasteiger partial charge in [0.1, 0.15) is 5.82 Å². The van der Waals surface area contributed by atoms with Crippen LogP contribution in [0.15, 0.2) is 12.3 Å². The number of nitrogens with one attached hydrogen (secondary N) is 1. The van der Waals surface area contributed by atoms with Gasteiger partial charge < -0.3 is 15.8 Å². The van der Waals surface area contributed by atoms with Gasteiger partial charge in [-0.05, 0) is 26.8 Å². The van der Waals surface area contributed by atoms with E-state index >= 15 is 0 Å². The molecular weight excluding hydrogens is 192 g/mol. The molecule has 15 heavy (non-hydrogen) atoms. The minimum Gasteiger partial charge on any atom is -0.384 e. The van der Waals surface area contributed by atoms with Gasteiger partial charge in [-0.15, -0.1) is 0 Å². The number of hydrogen-bond donors (Lipinski definition) is 2. The summed E-state index contributed by atoms with van der Waals surface area (Å²) in [7, 11) is 0. The number of anilines is 2. The van der Waals surface area contributed by atoms with Crippen LogP contribution in [0.25, 0.3) is 0 Å². The van der Waals surface area contributed by atoms with E-state index in [4.69, 9.17) is 10.5 Å². The highest BCUT2D eigenvalue weighted by atomic mass is 16.5. The van der Waals surface area contributed by atoms with Crippen molar-refractivity contribution in [1.82, 2.24) is 9.97 Å². The third kappa shape index (κ3) is 4.12. The van der Waals surface area contributed by atoms with E-state index in [2.05, 4.69) is 15.3 Å². The van der Waals surface area contributed by atoms with E-state index < -0.39 is 0 Å². The minimum absolute atomic E-state index is 0.233. The molecule has 1 aromatic rings. The molecule has 0 aromatic carbocycles. The first-order valence-corrected chi connectivity index (χ1v) is 5.00. The highest BCUT2D eigenvalue weighted by molar-refractivity contribution is 5.35. The molecule has 0 aliphatic rings. The zero-order chi connectivity index (χ0) is 11.3. The number of aromatic nitrogens is 2. The van der Waals surface area contributed by atoms with E-state index in [1.54, 1.807) is 12.3 Å². The van der Waals surface area contributed by atoms with Gasteiger partial charge in [0.25, 0.3) is 0 Å². The van der Waals surface area contributed by atoms with E-state index in [-0.39, 0.29) is 5.60 Å². The van der Waals surface area contributed by atoms with Crippen LogP contribution in [-0.2, 0) is 4.74 Å². The van der Waals surface area contributed by atoms with Crippen molar-refractivity contribution < 1.29 is 4.74 Å². The van der Waals surface area contributed by atoms with Crippen LogP contribution in [0.4, 0.5) is 11.8 Å². The molecule has 0 fully saturated rings. The van der Waals surface area contributed by atoms with Gasteiger partial charge in [-0.2, -0.15) is 4.98 Å². The van der Waals surface area contributed by atoms with Crippen molar-refractivity contribution in [2.45, 2.75) is 26.4 Å². The van der Waals surface area contributed by atoms with Gasteiger partial charge in [-0.3, -0.25) is 0 Å². The molecule has 0 saturated heterocycles. The number of rotatable bonds is 5. The van der Waals surface area contributed by atoms with Gasteiger partial charge in [0.05, 0.1) is 5.60 Å². The highest BCUT2D eigenvalue weighted by Crippen LogP contribution is 2.10. The summed E-state index contributed by atoms with van der Waals surface area (Å²) in [5.41, 5.74) is 5.30. The summed E-state index contributed by atoms with van der Waals surface area (Å²) in [5, 5.41) is 3.08. The number of nitrogens with two attached hydrogens (primary N) is 1. The van der Waals surface area contributed by atoms with Crippen molar-refractivity contribution in [3.8, 4) is 0 Å². The molecule has 0 aliphatic heterocycles. The Balaban J connectivity index is 2.49. The molecule has 0 atom stereocenters. The van der Waals surface area contributed by atoms with Crippen LogP contribution in [0.2, 0.25) is 0 Å². The van der Waals surface area contributed by atoms with Gasteiger partial charge in [0, 0.05) is 19.3 Å². The lowest BCUT2D eigenvalue weighted by Crippen LogP contribution is -2.33. The maximum Gasteiger partial charge on any atom is 0.224 e. The van der Waals surface area contributed by atoms with Crippen LogP contribution in [-0.4, -0.2) is 28.7 Å². The smallest absolute Gasteiger partial charge is 0.224 e. The Hall–Kier alpha value is -1.36. The Morgan fingerprint density at radius 2 is 2.27 bits per heavy atom. The Labute approximate surface area is 90.1 Å². The molecule has 3 N–H and O–H groups in total. The van der Waals surface area contributed by atoms with E-state index in [9.17, 15) is 0 Å². The van der Waals surface area contributed by atoms with Crippen LogP contribution in [0.5, 0.6) is 0 Å². The molecule has 0 radical (unpaired) electrons. The summed E-state index contributed by atoms with van der Waals surface area (Å²) in [6.07, 6.45) is 1.62. The zero-order valence-corrected chi connectivity index (χ0v) is 9.45. The van der Waals surface area contributed by atoms with Crippen LogP contribution < -0.4 is 11.1 Å². The fourth-order valence-corrected chi connectivity index (χ4v) is 1.19. The van der Waals surface area contributed by atoms with Gasteiger partial charge in [-0.25, -0.2) is 4.98 Å². The Bertz CT molecular complexity index is 314. The first-order chi connectivity index (χ1) is 7.03. The lowest BCUT2D eigenvalue weighted by Gasteiger charge is -2.24. The Kier molecular flexibility index (Phi) is 3.85. The van der Waals surface area contributed by atoms with Crippen molar-refractivity contribution in [3.05, 3.63) is 12.3 Å².